The molecule has 0 amide bonds. The summed E-state index contributed by atoms with van der Waals surface area (Å²) < 4.78 is 1.40. The Hall–Kier alpha value is -2.50. The molecule has 6 nitrogen and oxygen atoms in total. The van der Waals surface area contributed by atoms with Crippen molar-refractivity contribution in [1.82, 2.24) is 9.55 Å². The van der Waals surface area contributed by atoms with Crippen LogP contribution in [0.15, 0.2) is 23.0 Å². The zero-order chi connectivity index (χ0) is 16.1. The molecule has 1 aromatic carbocycles. The molecule has 1 aromatic heterocycles. The summed E-state index contributed by atoms with van der Waals surface area (Å²) in [7, 11) is 0. The van der Waals surface area contributed by atoms with Gasteiger partial charge in [-0.05, 0) is 32.4 Å². The van der Waals surface area contributed by atoms with Crippen molar-refractivity contribution >= 4 is 28.2 Å². The zero-order valence-corrected chi connectivity index (χ0v) is 12.5. The first-order valence-electron chi connectivity index (χ1n) is 7.18. The van der Waals surface area contributed by atoms with Crippen LogP contribution in [-0.2, 0) is 15.1 Å². The van der Waals surface area contributed by atoms with E-state index in [1.54, 1.807) is 32.0 Å². The summed E-state index contributed by atoms with van der Waals surface area (Å²) in [5, 5.41) is 0.319. The molecule has 1 aliphatic rings. The van der Waals surface area contributed by atoms with Crippen LogP contribution in [0.3, 0.4) is 0 Å². The number of hydrogen-bond acceptors (Lipinski definition) is 5. The Morgan fingerprint density at radius 2 is 2.00 bits per heavy atom. The van der Waals surface area contributed by atoms with Crippen molar-refractivity contribution in [2.75, 3.05) is 5.73 Å². The quantitative estimate of drug-likeness (QED) is 0.633. The number of anilines is 1. The third kappa shape index (κ3) is 1.94. The molecule has 2 aromatic rings. The molecule has 1 saturated carbocycles. The normalized spacial score (nSPS) is 22.3. The molecule has 6 heteroatoms. The van der Waals surface area contributed by atoms with E-state index in [1.165, 1.54) is 4.57 Å². The lowest BCUT2D eigenvalue weighted by atomic mass is 9.81. The van der Waals surface area contributed by atoms with Crippen molar-refractivity contribution in [3.05, 3.63) is 34.4 Å². The van der Waals surface area contributed by atoms with Gasteiger partial charge in [-0.1, -0.05) is 6.07 Å². The van der Waals surface area contributed by atoms with Gasteiger partial charge >= 0.3 is 0 Å². The Kier molecular flexibility index (Phi) is 3.12. The van der Waals surface area contributed by atoms with Gasteiger partial charge < -0.3 is 5.73 Å². The molecule has 3 rings (SSSR count). The fraction of sp³-hybridized carbons (Fsp3) is 0.375. The monoisotopic (exact) mass is 299 g/mol. The predicted molar refractivity (Wildman–Crippen MR) is 82.7 cm³/mol. The molecular formula is C16H17N3O3. The summed E-state index contributed by atoms with van der Waals surface area (Å²) in [6, 6.07) is 5.10. The number of carbonyl (C=O) groups excluding carboxylic acids is 2. The molecular weight excluding hydrogens is 282 g/mol. The number of benzene rings is 1. The molecule has 0 aliphatic heterocycles. The van der Waals surface area contributed by atoms with Crippen LogP contribution >= 0.6 is 0 Å². The first-order valence-corrected chi connectivity index (χ1v) is 7.18. The lowest BCUT2D eigenvalue weighted by molar-refractivity contribution is -0.136. The summed E-state index contributed by atoms with van der Waals surface area (Å²) in [4.78, 5) is 41.2. The van der Waals surface area contributed by atoms with Crippen molar-refractivity contribution in [2.24, 2.45) is 0 Å². The van der Waals surface area contributed by atoms with Crippen molar-refractivity contribution in [3.63, 3.8) is 0 Å². The van der Waals surface area contributed by atoms with E-state index in [1.807, 2.05) is 0 Å². The average Bonchev–Trinajstić information content (AvgIpc) is 2.43. The number of hydrogen-bond donors (Lipinski definition) is 1. The largest absolute Gasteiger partial charge is 0.398 e. The lowest BCUT2D eigenvalue weighted by Gasteiger charge is -2.34. The average molecular weight is 299 g/mol. The highest BCUT2D eigenvalue weighted by atomic mass is 16.2. The Morgan fingerprint density at radius 1 is 1.27 bits per heavy atom. The summed E-state index contributed by atoms with van der Waals surface area (Å²) in [6.07, 6.45) is 0.465. The van der Waals surface area contributed by atoms with E-state index >= 15 is 0 Å². The van der Waals surface area contributed by atoms with Gasteiger partial charge in [0, 0.05) is 12.1 Å². The Balaban J connectivity index is 2.32. The van der Waals surface area contributed by atoms with Gasteiger partial charge in [0.1, 0.15) is 17.1 Å². The number of carbonyl (C=O) groups is 2. The van der Waals surface area contributed by atoms with Crippen LogP contribution in [0, 0.1) is 6.92 Å². The minimum atomic E-state index is -1.04. The molecule has 1 heterocycles. The van der Waals surface area contributed by atoms with Gasteiger partial charge in [0.05, 0.1) is 17.3 Å². The number of fused-ring (bicyclic) bond motifs is 1. The molecule has 1 fully saturated rings. The molecule has 0 saturated heterocycles. The van der Waals surface area contributed by atoms with Gasteiger partial charge in [0.2, 0.25) is 0 Å². The number of nitrogens with zero attached hydrogens (tertiary/aromatic N) is 2. The number of nitrogens with two attached hydrogens (primary N) is 1. The van der Waals surface area contributed by atoms with Gasteiger partial charge in [-0.25, -0.2) is 4.98 Å². The summed E-state index contributed by atoms with van der Waals surface area (Å²) in [5.74, 6) is 0.124. The molecule has 1 aliphatic carbocycles. The lowest BCUT2D eigenvalue weighted by Crippen LogP contribution is -2.49. The van der Waals surface area contributed by atoms with Crippen LogP contribution in [0.5, 0.6) is 0 Å². The first-order chi connectivity index (χ1) is 10.3. The van der Waals surface area contributed by atoms with E-state index in [0.717, 1.165) is 0 Å². The maximum Gasteiger partial charge on any atom is 0.264 e. The number of ketones is 2. The van der Waals surface area contributed by atoms with Crippen LogP contribution in [-0.4, -0.2) is 21.1 Å². The number of nitrogen functional groups attached to an aromatic ring is 1. The second-order valence-corrected chi connectivity index (χ2v) is 5.95. The van der Waals surface area contributed by atoms with Crippen molar-refractivity contribution in [1.29, 1.82) is 0 Å². The fourth-order valence-electron chi connectivity index (χ4n) is 3.16. The van der Waals surface area contributed by atoms with Crippen LogP contribution in [0.2, 0.25) is 0 Å². The van der Waals surface area contributed by atoms with Gasteiger partial charge in [-0.2, -0.15) is 0 Å². The third-order valence-corrected chi connectivity index (χ3v) is 4.44. The number of Topliss-reactive ketones (excluding diaryl/α,β-unsaturated/α-hetero) is 2. The maximum atomic E-state index is 12.9. The highest BCUT2D eigenvalue weighted by Gasteiger charge is 2.41. The minimum Gasteiger partial charge on any atom is -0.398 e. The smallest absolute Gasteiger partial charge is 0.264 e. The van der Waals surface area contributed by atoms with E-state index in [9.17, 15) is 14.4 Å². The van der Waals surface area contributed by atoms with Crippen LogP contribution < -0.4 is 11.3 Å². The Labute approximate surface area is 127 Å². The molecule has 0 bridgehead atoms. The fourth-order valence-corrected chi connectivity index (χ4v) is 3.16. The van der Waals surface area contributed by atoms with E-state index in [2.05, 4.69) is 4.98 Å². The van der Waals surface area contributed by atoms with E-state index < -0.39 is 5.54 Å². The predicted octanol–water partition coefficient (Wildman–Crippen LogP) is 1.32. The SMILES string of the molecule is Cc1nc2cccc(N)c2c(=O)n1[C@@]1(C)CCC(=O)CC1=O. The van der Waals surface area contributed by atoms with Gasteiger partial charge in [0.15, 0.2) is 5.78 Å². The maximum absolute atomic E-state index is 12.9. The van der Waals surface area contributed by atoms with E-state index in [4.69, 9.17) is 5.73 Å². The van der Waals surface area contributed by atoms with Gasteiger partial charge in [-0.3, -0.25) is 19.0 Å². The second-order valence-electron chi connectivity index (χ2n) is 5.95. The number of rotatable bonds is 1. The van der Waals surface area contributed by atoms with Crippen LogP contribution in [0.1, 0.15) is 32.0 Å². The Bertz CT molecular complexity index is 869. The summed E-state index contributed by atoms with van der Waals surface area (Å²) in [6.45, 7) is 3.39. The minimum absolute atomic E-state index is 0.0820. The van der Waals surface area contributed by atoms with Crippen molar-refractivity contribution in [3.8, 4) is 0 Å². The molecule has 0 spiro atoms. The molecule has 22 heavy (non-hydrogen) atoms. The van der Waals surface area contributed by atoms with Crippen LogP contribution in [0.4, 0.5) is 5.69 Å². The third-order valence-electron chi connectivity index (χ3n) is 4.44. The molecule has 114 valence electrons. The Morgan fingerprint density at radius 3 is 2.68 bits per heavy atom. The summed E-state index contributed by atoms with van der Waals surface area (Å²) >= 11 is 0. The van der Waals surface area contributed by atoms with Crippen molar-refractivity contribution in [2.45, 2.75) is 38.6 Å². The van der Waals surface area contributed by atoms with E-state index in [-0.39, 0.29) is 30.0 Å². The van der Waals surface area contributed by atoms with Crippen molar-refractivity contribution < 1.29 is 9.59 Å². The first kappa shape index (κ1) is 14.4. The molecule has 0 radical (unpaired) electrons. The number of aromatic nitrogens is 2. The standard InChI is InChI=1S/C16H17N3O3/c1-9-18-12-5-3-4-11(17)14(12)15(22)19(9)16(2)7-6-10(20)8-13(16)21/h3-5H,6-8,17H2,1-2H3/t16-/m0/s1. The van der Waals surface area contributed by atoms with Crippen LogP contribution in [0.25, 0.3) is 10.9 Å². The molecule has 1 atom stereocenters. The topological polar surface area (TPSA) is 95.0 Å². The summed E-state index contributed by atoms with van der Waals surface area (Å²) in [5.41, 5.74) is 5.40. The van der Waals surface area contributed by atoms with E-state index in [0.29, 0.717) is 28.8 Å². The zero-order valence-electron chi connectivity index (χ0n) is 12.5. The number of aryl methyl sites for hydroxylation is 1. The molecule has 2 N–H and O–H groups in total. The second kappa shape index (κ2) is 4.76. The highest BCUT2D eigenvalue weighted by Crippen LogP contribution is 2.30. The highest BCUT2D eigenvalue weighted by molar-refractivity contribution is 6.05. The molecule has 0 unspecified atom stereocenters. The van der Waals surface area contributed by atoms with Gasteiger partial charge in [-0.15, -0.1) is 0 Å². The van der Waals surface area contributed by atoms with Gasteiger partial charge in [0.25, 0.3) is 5.56 Å².